The molecule has 8 heteroatoms. The van der Waals surface area contributed by atoms with Gasteiger partial charge in [-0.3, -0.25) is 4.79 Å². The van der Waals surface area contributed by atoms with Crippen LogP contribution in [0.15, 0.2) is 48.5 Å². The largest absolute Gasteiger partial charge is 0.493 e. The monoisotopic (exact) mass is 462 g/mol. The Balaban J connectivity index is 1.44. The standard InChI is InChI=1S/C26H30N4O4/c1-17-11-13-30(14-12-17)24-10-9-21(28-29-24)18-5-7-20(8-6-18)27-26(31)19-15-22(32-2)25(34-4)23(16-19)33-3/h5-10,15-17H,11-14H2,1-4H3,(H,27,31). The van der Waals surface area contributed by atoms with Crippen molar-refractivity contribution >= 4 is 17.4 Å². The number of hydrogen-bond donors (Lipinski definition) is 1. The molecule has 0 atom stereocenters. The first-order valence-corrected chi connectivity index (χ1v) is 11.3. The van der Waals surface area contributed by atoms with Crippen LogP contribution in [-0.2, 0) is 0 Å². The molecule has 34 heavy (non-hydrogen) atoms. The fourth-order valence-electron chi connectivity index (χ4n) is 4.03. The van der Waals surface area contributed by atoms with Crippen LogP contribution < -0.4 is 24.4 Å². The van der Waals surface area contributed by atoms with Gasteiger partial charge < -0.3 is 24.4 Å². The Labute approximate surface area is 199 Å². The zero-order valence-corrected chi connectivity index (χ0v) is 20.0. The Hall–Kier alpha value is -3.81. The highest BCUT2D eigenvalue weighted by atomic mass is 16.5. The lowest BCUT2D eigenvalue weighted by atomic mass is 9.99. The number of carbonyl (C=O) groups is 1. The number of hydrogen-bond acceptors (Lipinski definition) is 7. The molecule has 1 aromatic heterocycles. The Morgan fingerprint density at radius 3 is 2.09 bits per heavy atom. The SMILES string of the molecule is COc1cc(C(=O)Nc2ccc(-c3ccc(N4CCC(C)CC4)nn3)cc2)cc(OC)c1OC. The third-order valence-corrected chi connectivity index (χ3v) is 6.12. The molecule has 2 aromatic carbocycles. The fourth-order valence-corrected chi connectivity index (χ4v) is 4.03. The van der Waals surface area contributed by atoms with Crippen LogP contribution in [0.4, 0.5) is 11.5 Å². The maximum Gasteiger partial charge on any atom is 0.255 e. The zero-order valence-electron chi connectivity index (χ0n) is 20.0. The van der Waals surface area contributed by atoms with Crippen molar-refractivity contribution in [2.24, 2.45) is 5.92 Å². The second kappa shape index (κ2) is 10.4. The molecule has 1 aliphatic heterocycles. The first kappa shape index (κ1) is 23.4. The van der Waals surface area contributed by atoms with E-state index in [9.17, 15) is 4.79 Å². The van der Waals surface area contributed by atoms with Crippen LogP contribution in [0.3, 0.4) is 0 Å². The van der Waals surface area contributed by atoms with Gasteiger partial charge in [0.15, 0.2) is 17.3 Å². The minimum absolute atomic E-state index is 0.285. The summed E-state index contributed by atoms with van der Waals surface area (Å²) >= 11 is 0. The van der Waals surface area contributed by atoms with Gasteiger partial charge in [-0.05, 0) is 55.2 Å². The molecule has 2 heterocycles. The van der Waals surface area contributed by atoms with Gasteiger partial charge >= 0.3 is 0 Å². The predicted octanol–water partition coefficient (Wildman–Crippen LogP) is 4.66. The highest BCUT2D eigenvalue weighted by Crippen LogP contribution is 2.38. The number of amides is 1. The van der Waals surface area contributed by atoms with E-state index in [-0.39, 0.29) is 5.91 Å². The molecule has 1 fully saturated rings. The van der Waals surface area contributed by atoms with E-state index in [1.54, 1.807) is 12.1 Å². The van der Waals surface area contributed by atoms with E-state index in [1.165, 1.54) is 34.2 Å². The number of aromatic nitrogens is 2. The van der Waals surface area contributed by atoms with Crippen LogP contribution >= 0.6 is 0 Å². The smallest absolute Gasteiger partial charge is 0.255 e. The maximum absolute atomic E-state index is 12.8. The lowest BCUT2D eigenvalue weighted by molar-refractivity contribution is 0.102. The first-order valence-electron chi connectivity index (χ1n) is 11.3. The van der Waals surface area contributed by atoms with E-state index in [2.05, 4.69) is 27.3 Å². The summed E-state index contributed by atoms with van der Waals surface area (Å²) in [6.45, 7) is 4.34. The average Bonchev–Trinajstić information content (AvgIpc) is 2.88. The van der Waals surface area contributed by atoms with Gasteiger partial charge in [-0.25, -0.2) is 0 Å². The molecule has 1 aliphatic rings. The average molecular weight is 463 g/mol. The molecule has 178 valence electrons. The molecule has 1 N–H and O–H groups in total. The molecule has 1 saturated heterocycles. The summed E-state index contributed by atoms with van der Waals surface area (Å²) in [7, 11) is 4.55. The van der Waals surface area contributed by atoms with Gasteiger partial charge in [0.05, 0.1) is 27.0 Å². The van der Waals surface area contributed by atoms with Crippen LogP contribution in [0.25, 0.3) is 11.3 Å². The van der Waals surface area contributed by atoms with Gasteiger partial charge in [0.25, 0.3) is 5.91 Å². The summed E-state index contributed by atoms with van der Waals surface area (Å²) in [6.07, 6.45) is 2.37. The molecule has 0 radical (unpaired) electrons. The quantitative estimate of drug-likeness (QED) is 0.547. The van der Waals surface area contributed by atoms with Crippen LogP contribution in [0.5, 0.6) is 17.2 Å². The molecule has 4 rings (SSSR count). The van der Waals surface area contributed by atoms with Crippen LogP contribution in [0.1, 0.15) is 30.1 Å². The molecule has 0 spiro atoms. The van der Waals surface area contributed by atoms with Gasteiger partial charge in [0, 0.05) is 29.9 Å². The van der Waals surface area contributed by atoms with E-state index in [0.29, 0.717) is 28.5 Å². The Morgan fingerprint density at radius 1 is 0.912 bits per heavy atom. The molecule has 0 saturated carbocycles. The van der Waals surface area contributed by atoms with Crippen molar-refractivity contribution < 1.29 is 19.0 Å². The third-order valence-electron chi connectivity index (χ3n) is 6.12. The van der Waals surface area contributed by atoms with E-state index < -0.39 is 0 Å². The molecular formula is C26H30N4O4. The third kappa shape index (κ3) is 5.06. The number of anilines is 2. The first-order chi connectivity index (χ1) is 16.5. The highest BCUT2D eigenvalue weighted by molar-refractivity contribution is 6.05. The van der Waals surface area contributed by atoms with Crippen molar-refractivity contribution in [3.8, 4) is 28.5 Å². The van der Waals surface area contributed by atoms with Crippen molar-refractivity contribution in [3.63, 3.8) is 0 Å². The zero-order chi connectivity index (χ0) is 24.1. The summed E-state index contributed by atoms with van der Waals surface area (Å²) in [5.74, 6) is 2.69. The van der Waals surface area contributed by atoms with E-state index in [1.807, 2.05) is 36.4 Å². The molecule has 3 aromatic rings. The van der Waals surface area contributed by atoms with Gasteiger partial charge in [-0.15, -0.1) is 10.2 Å². The van der Waals surface area contributed by atoms with Gasteiger partial charge in [0.1, 0.15) is 0 Å². The van der Waals surface area contributed by atoms with Crippen LogP contribution in [0, 0.1) is 5.92 Å². The lowest BCUT2D eigenvalue weighted by Gasteiger charge is -2.30. The minimum Gasteiger partial charge on any atom is -0.493 e. The molecule has 0 bridgehead atoms. The summed E-state index contributed by atoms with van der Waals surface area (Å²) in [5, 5.41) is 11.7. The van der Waals surface area contributed by atoms with E-state index in [4.69, 9.17) is 14.2 Å². The highest BCUT2D eigenvalue weighted by Gasteiger charge is 2.18. The second-order valence-electron chi connectivity index (χ2n) is 8.39. The normalized spacial score (nSPS) is 13.9. The summed E-state index contributed by atoms with van der Waals surface area (Å²) in [6, 6.07) is 14.8. The van der Waals surface area contributed by atoms with E-state index >= 15 is 0 Å². The topological polar surface area (TPSA) is 85.8 Å². The Bertz CT molecular complexity index is 1100. The van der Waals surface area contributed by atoms with Gasteiger partial charge in [-0.2, -0.15) is 0 Å². The predicted molar refractivity (Wildman–Crippen MR) is 132 cm³/mol. The summed E-state index contributed by atoms with van der Waals surface area (Å²) in [4.78, 5) is 15.1. The van der Waals surface area contributed by atoms with Crippen molar-refractivity contribution in [2.45, 2.75) is 19.8 Å². The second-order valence-corrected chi connectivity index (χ2v) is 8.39. The van der Waals surface area contributed by atoms with Crippen molar-refractivity contribution in [1.82, 2.24) is 10.2 Å². The molecule has 1 amide bonds. The number of carbonyl (C=O) groups excluding carboxylic acids is 1. The number of ether oxygens (including phenoxy) is 3. The molecule has 8 nitrogen and oxygen atoms in total. The Morgan fingerprint density at radius 2 is 1.56 bits per heavy atom. The van der Waals surface area contributed by atoms with Crippen molar-refractivity contribution in [2.75, 3.05) is 44.6 Å². The van der Waals surface area contributed by atoms with E-state index in [0.717, 1.165) is 36.1 Å². The van der Waals surface area contributed by atoms with Crippen molar-refractivity contribution in [3.05, 3.63) is 54.1 Å². The van der Waals surface area contributed by atoms with Gasteiger partial charge in [0.2, 0.25) is 5.75 Å². The molecule has 0 aliphatic carbocycles. The number of piperidine rings is 1. The number of benzene rings is 2. The number of methoxy groups -OCH3 is 3. The van der Waals surface area contributed by atoms with Gasteiger partial charge in [-0.1, -0.05) is 19.1 Å². The molecular weight excluding hydrogens is 432 g/mol. The maximum atomic E-state index is 12.8. The fraction of sp³-hybridized carbons (Fsp3) is 0.346. The number of nitrogens with one attached hydrogen (secondary N) is 1. The minimum atomic E-state index is -0.285. The van der Waals surface area contributed by atoms with Crippen molar-refractivity contribution in [1.29, 1.82) is 0 Å². The number of rotatable bonds is 7. The summed E-state index contributed by atoms with van der Waals surface area (Å²) in [5.41, 5.74) is 2.77. The summed E-state index contributed by atoms with van der Waals surface area (Å²) < 4.78 is 16.0. The molecule has 0 unspecified atom stereocenters. The van der Waals surface area contributed by atoms with Crippen LogP contribution in [0.2, 0.25) is 0 Å². The Kier molecular flexibility index (Phi) is 7.15. The lowest BCUT2D eigenvalue weighted by Crippen LogP contribution is -2.33. The number of nitrogens with zero attached hydrogens (tertiary/aromatic N) is 3. The van der Waals surface area contributed by atoms with Crippen LogP contribution in [-0.4, -0.2) is 50.5 Å².